The normalized spacial score (nSPS) is 11.3. The molecule has 3 aromatic heterocycles. The van der Waals surface area contributed by atoms with E-state index in [-0.39, 0.29) is 5.82 Å². The van der Waals surface area contributed by atoms with Gasteiger partial charge in [0, 0.05) is 92.1 Å². The predicted molar refractivity (Wildman–Crippen MR) is 176 cm³/mol. The van der Waals surface area contributed by atoms with Gasteiger partial charge in [0.25, 0.3) is 0 Å². The average molecular weight is 583 g/mol. The molecule has 0 radical (unpaired) electrons. The fourth-order valence-corrected chi connectivity index (χ4v) is 5.76. The summed E-state index contributed by atoms with van der Waals surface area (Å²) in [5.74, 6) is 1.51. The third kappa shape index (κ3) is 4.80. The van der Waals surface area contributed by atoms with Gasteiger partial charge in [-0.25, -0.2) is 14.1 Å². The quantitative estimate of drug-likeness (QED) is 0.190. The number of halogens is 1. The van der Waals surface area contributed by atoms with Crippen LogP contribution in [0.3, 0.4) is 0 Å². The molecular weight excluding hydrogens is 551 g/mol. The Morgan fingerprint density at radius 2 is 1.43 bits per heavy atom. The molecule has 0 bridgehead atoms. The Morgan fingerprint density at radius 1 is 0.705 bits per heavy atom. The molecule has 0 spiro atoms. The molecule has 0 fully saturated rings. The van der Waals surface area contributed by atoms with Crippen molar-refractivity contribution >= 4 is 33.2 Å². The van der Waals surface area contributed by atoms with Crippen molar-refractivity contribution < 1.29 is 9.13 Å². The van der Waals surface area contributed by atoms with E-state index in [1.54, 1.807) is 0 Å². The summed E-state index contributed by atoms with van der Waals surface area (Å²) in [7, 11) is 8.20. The minimum Gasteiger partial charge on any atom is -0.457 e. The van der Waals surface area contributed by atoms with Crippen molar-refractivity contribution in [1.29, 1.82) is 0 Å². The lowest BCUT2D eigenvalue weighted by molar-refractivity contribution is 0.483. The first-order valence-corrected chi connectivity index (χ1v) is 14.3. The first kappa shape index (κ1) is 27.2. The van der Waals surface area contributed by atoms with Gasteiger partial charge in [0.05, 0.1) is 22.9 Å². The van der Waals surface area contributed by atoms with Crippen LogP contribution in [-0.4, -0.2) is 47.5 Å². The molecule has 0 saturated carbocycles. The van der Waals surface area contributed by atoms with E-state index in [4.69, 9.17) is 9.84 Å². The molecule has 0 saturated heterocycles. The highest BCUT2D eigenvalue weighted by molar-refractivity contribution is 6.09. The van der Waals surface area contributed by atoms with E-state index in [2.05, 4.69) is 67.2 Å². The van der Waals surface area contributed by atoms with E-state index in [1.807, 2.05) is 82.3 Å². The highest BCUT2D eigenvalue weighted by Crippen LogP contribution is 2.39. The number of hydrogen-bond donors (Lipinski definition) is 0. The Hall–Kier alpha value is -5.63. The lowest BCUT2D eigenvalue weighted by Gasteiger charge is -2.23. The number of aromatic nitrogens is 4. The van der Waals surface area contributed by atoms with Gasteiger partial charge in [-0.15, -0.1) is 0 Å². The van der Waals surface area contributed by atoms with Crippen LogP contribution in [0.4, 0.5) is 15.8 Å². The van der Waals surface area contributed by atoms with Crippen molar-refractivity contribution in [3.63, 3.8) is 0 Å². The predicted octanol–water partition coefficient (Wildman–Crippen LogP) is 8.09. The van der Waals surface area contributed by atoms with Gasteiger partial charge >= 0.3 is 0 Å². The third-order valence-corrected chi connectivity index (χ3v) is 7.76. The van der Waals surface area contributed by atoms with Gasteiger partial charge in [0.1, 0.15) is 23.1 Å². The SMILES string of the molecule is CN(C)c1cccc(N(C)C)c1-c1cnn(-c2cccc(Oc3ccc4c5ccccc5n(-c5cc(F)ccn5)c4c3)c2)c1. The Labute approximate surface area is 255 Å². The molecule has 3 heterocycles. The van der Waals surface area contributed by atoms with Gasteiger partial charge < -0.3 is 14.5 Å². The lowest BCUT2D eigenvalue weighted by Crippen LogP contribution is -2.14. The molecule has 0 atom stereocenters. The van der Waals surface area contributed by atoms with Crippen LogP contribution in [0.2, 0.25) is 0 Å². The van der Waals surface area contributed by atoms with Crippen molar-refractivity contribution in [2.24, 2.45) is 0 Å². The molecule has 0 amide bonds. The first-order chi connectivity index (χ1) is 21.4. The van der Waals surface area contributed by atoms with Crippen molar-refractivity contribution in [3.05, 3.63) is 121 Å². The summed E-state index contributed by atoms with van der Waals surface area (Å²) in [6.07, 6.45) is 5.43. The summed E-state index contributed by atoms with van der Waals surface area (Å²) in [6.45, 7) is 0. The molecule has 218 valence electrons. The van der Waals surface area contributed by atoms with Crippen LogP contribution in [0, 0.1) is 5.82 Å². The van der Waals surface area contributed by atoms with Crippen LogP contribution >= 0.6 is 0 Å². The maximum atomic E-state index is 14.2. The maximum Gasteiger partial charge on any atom is 0.140 e. The molecular formula is C36H31FN6O. The number of fused-ring (bicyclic) bond motifs is 3. The fraction of sp³-hybridized carbons (Fsp3) is 0.111. The Bertz CT molecular complexity index is 2120. The maximum absolute atomic E-state index is 14.2. The largest absolute Gasteiger partial charge is 0.457 e. The number of benzene rings is 4. The molecule has 4 aromatic carbocycles. The van der Waals surface area contributed by atoms with Gasteiger partial charge in [-0.1, -0.05) is 30.3 Å². The molecule has 0 aliphatic carbocycles. The monoisotopic (exact) mass is 582 g/mol. The zero-order valence-electron chi connectivity index (χ0n) is 24.9. The van der Waals surface area contributed by atoms with Gasteiger partial charge in [-0.05, 0) is 48.5 Å². The van der Waals surface area contributed by atoms with E-state index in [0.29, 0.717) is 17.3 Å². The minimum absolute atomic E-state index is 0.338. The topological polar surface area (TPSA) is 51.4 Å². The van der Waals surface area contributed by atoms with Gasteiger partial charge in [-0.3, -0.25) is 4.57 Å². The van der Waals surface area contributed by atoms with Crippen molar-refractivity contribution in [1.82, 2.24) is 19.3 Å². The van der Waals surface area contributed by atoms with Crippen LogP contribution in [0.25, 0.3) is 44.4 Å². The number of para-hydroxylation sites is 1. The van der Waals surface area contributed by atoms with Crippen LogP contribution in [-0.2, 0) is 0 Å². The average Bonchev–Trinajstić information content (AvgIpc) is 3.64. The van der Waals surface area contributed by atoms with Gasteiger partial charge in [-0.2, -0.15) is 5.10 Å². The van der Waals surface area contributed by atoms with Crippen molar-refractivity contribution in [2.75, 3.05) is 38.0 Å². The van der Waals surface area contributed by atoms with Crippen molar-refractivity contribution in [3.8, 4) is 34.1 Å². The third-order valence-electron chi connectivity index (χ3n) is 7.76. The van der Waals surface area contributed by atoms with Crippen LogP contribution in [0.1, 0.15) is 0 Å². The minimum atomic E-state index is -0.338. The van der Waals surface area contributed by atoms with Crippen LogP contribution in [0.5, 0.6) is 11.5 Å². The summed E-state index contributed by atoms with van der Waals surface area (Å²) in [6, 6.07) is 31.0. The molecule has 0 aliphatic rings. The van der Waals surface area contributed by atoms with E-state index >= 15 is 0 Å². The summed E-state index contributed by atoms with van der Waals surface area (Å²) >= 11 is 0. The molecule has 7 rings (SSSR count). The standard InChI is InChI=1S/C36H31FN6O/c1-40(2)32-13-8-14-33(41(3)4)36(32)24-22-39-42(23-24)26-9-7-10-27(20-26)44-28-15-16-30-29-11-5-6-12-31(29)43(34(30)21-28)35-19-25(37)17-18-38-35/h5-23H,1-4H3. The Morgan fingerprint density at radius 3 is 2.20 bits per heavy atom. The second-order valence-corrected chi connectivity index (χ2v) is 11.1. The second-order valence-electron chi connectivity index (χ2n) is 11.1. The molecule has 44 heavy (non-hydrogen) atoms. The lowest BCUT2D eigenvalue weighted by atomic mass is 10.0. The molecule has 8 heteroatoms. The summed E-state index contributed by atoms with van der Waals surface area (Å²) < 4.78 is 24.4. The fourth-order valence-electron chi connectivity index (χ4n) is 5.76. The second kappa shape index (κ2) is 10.9. The Balaban J connectivity index is 1.25. The van der Waals surface area contributed by atoms with E-state index < -0.39 is 0 Å². The molecule has 7 nitrogen and oxygen atoms in total. The van der Waals surface area contributed by atoms with Gasteiger partial charge in [0.15, 0.2) is 0 Å². The highest BCUT2D eigenvalue weighted by Gasteiger charge is 2.17. The number of ether oxygens (including phenoxy) is 1. The summed E-state index contributed by atoms with van der Waals surface area (Å²) in [5, 5.41) is 6.81. The smallest absolute Gasteiger partial charge is 0.140 e. The number of anilines is 2. The number of nitrogens with zero attached hydrogens (tertiary/aromatic N) is 6. The van der Waals surface area contributed by atoms with Crippen LogP contribution < -0.4 is 14.5 Å². The van der Waals surface area contributed by atoms with E-state index in [1.165, 1.54) is 18.3 Å². The molecule has 0 unspecified atom stereocenters. The van der Waals surface area contributed by atoms with Crippen LogP contribution in [0.15, 0.2) is 116 Å². The highest BCUT2D eigenvalue weighted by atomic mass is 19.1. The van der Waals surface area contributed by atoms with Gasteiger partial charge in [0.2, 0.25) is 0 Å². The number of rotatable bonds is 7. The molecule has 7 aromatic rings. The number of hydrogen-bond acceptors (Lipinski definition) is 5. The zero-order chi connectivity index (χ0) is 30.4. The summed E-state index contributed by atoms with van der Waals surface area (Å²) in [5.41, 5.74) is 7.09. The van der Waals surface area contributed by atoms with E-state index in [0.717, 1.165) is 50.0 Å². The molecule has 0 N–H and O–H groups in total. The van der Waals surface area contributed by atoms with Crippen molar-refractivity contribution in [2.45, 2.75) is 0 Å². The molecule has 0 aliphatic heterocycles. The first-order valence-electron chi connectivity index (χ1n) is 14.3. The Kier molecular flexibility index (Phi) is 6.74. The zero-order valence-corrected chi connectivity index (χ0v) is 24.9. The number of pyridine rings is 1. The van der Waals surface area contributed by atoms with E-state index in [9.17, 15) is 4.39 Å². The summed E-state index contributed by atoms with van der Waals surface area (Å²) in [4.78, 5) is 8.70.